The summed E-state index contributed by atoms with van der Waals surface area (Å²) in [4.78, 5) is 13.0. The summed E-state index contributed by atoms with van der Waals surface area (Å²) in [6.07, 6.45) is 1.10. The average Bonchev–Trinajstić information content (AvgIpc) is 2.67. The molecule has 158 valence electrons. The van der Waals surface area contributed by atoms with E-state index in [0.29, 0.717) is 23.1 Å². The molecule has 2 rings (SSSR count). The first-order valence-corrected chi connectivity index (χ1v) is 11.1. The van der Waals surface area contributed by atoms with Crippen LogP contribution in [0.3, 0.4) is 0 Å². The predicted octanol–water partition coefficient (Wildman–Crippen LogP) is 3.87. The van der Waals surface area contributed by atoms with Gasteiger partial charge in [-0.25, -0.2) is 8.42 Å². The van der Waals surface area contributed by atoms with E-state index in [4.69, 9.17) is 9.47 Å². The van der Waals surface area contributed by atoms with Gasteiger partial charge in [0.2, 0.25) is 10.0 Å². The van der Waals surface area contributed by atoms with Gasteiger partial charge in [-0.3, -0.25) is 9.10 Å². The highest BCUT2D eigenvalue weighted by molar-refractivity contribution is 7.92. The van der Waals surface area contributed by atoms with Gasteiger partial charge >= 0.3 is 0 Å². The van der Waals surface area contributed by atoms with E-state index in [1.807, 2.05) is 24.3 Å². The Bertz CT molecular complexity index is 969. The Morgan fingerprint density at radius 2 is 1.62 bits per heavy atom. The minimum absolute atomic E-state index is 0.164. The number of anilines is 2. The molecule has 0 aromatic heterocycles. The third-order valence-electron chi connectivity index (χ3n) is 4.54. The van der Waals surface area contributed by atoms with Crippen molar-refractivity contribution in [1.29, 1.82) is 0 Å². The van der Waals surface area contributed by atoms with Crippen LogP contribution in [-0.4, -0.2) is 41.3 Å². The summed E-state index contributed by atoms with van der Waals surface area (Å²) in [7, 11) is -0.691. The van der Waals surface area contributed by atoms with Crippen LogP contribution in [0.4, 0.5) is 11.4 Å². The average molecular weight is 421 g/mol. The Balaban J connectivity index is 2.52. The van der Waals surface area contributed by atoms with Crippen molar-refractivity contribution in [2.24, 2.45) is 0 Å². The van der Waals surface area contributed by atoms with Gasteiger partial charge in [0.05, 0.1) is 31.7 Å². The monoisotopic (exact) mass is 420 g/mol. The fourth-order valence-corrected chi connectivity index (χ4v) is 3.97. The normalized spacial score (nSPS) is 11.3. The van der Waals surface area contributed by atoms with Crippen LogP contribution in [0.15, 0.2) is 36.4 Å². The topological polar surface area (TPSA) is 84.9 Å². The summed E-state index contributed by atoms with van der Waals surface area (Å²) < 4.78 is 36.3. The Labute approximate surface area is 172 Å². The number of amides is 1. The lowest BCUT2D eigenvalue weighted by Crippen LogP contribution is -2.31. The van der Waals surface area contributed by atoms with E-state index in [1.54, 1.807) is 6.92 Å². The van der Waals surface area contributed by atoms with Crippen molar-refractivity contribution >= 4 is 27.3 Å². The molecule has 7 nitrogen and oxygen atoms in total. The molecule has 2 aromatic rings. The minimum Gasteiger partial charge on any atom is -0.493 e. The number of methoxy groups -OCH3 is 2. The van der Waals surface area contributed by atoms with Crippen LogP contribution >= 0.6 is 0 Å². The quantitative estimate of drug-likeness (QED) is 0.701. The van der Waals surface area contributed by atoms with Gasteiger partial charge < -0.3 is 14.8 Å². The molecule has 0 radical (unpaired) electrons. The number of sulfonamides is 1. The molecule has 1 amide bonds. The number of hydrogen-bond donors (Lipinski definition) is 1. The van der Waals surface area contributed by atoms with Crippen molar-refractivity contribution in [3.63, 3.8) is 0 Å². The molecular formula is C21H28N2O5S. The zero-order valence-corrected chi connectivity index (χ0v) is 18.5. The van der Waals surface area contributed by atoms with E-state index in [1.165, 1.54) is 26.4 Å². The van der Waals surface area contributed by atoms with Crippen LogP contribution in [-0.2, 0) is 10.0 Å². The fourth-order valence-electron chi connectivity index (χ4n) is 2.99. The third kappa shape index (κ3) is 5.20. The van der Waals surface area contributed by atoms with Crippen molar-refractivity contribution in [3.8, 4) is 11.5 Å². The van der Waals surface area contributed by atoms with Gasteiger partial charge in [0.1, 0.15) is 0 Å². The lowest BCUT2D eigenvalue weighted by molar-refractivity contribution is 0.102. The van der Waals surface area contributed by atoms with Crippen molar-refractivity contribution < 1.29 is 22.7 Å². The first-order valence-electron chi connectivity index (χ1n) is 9.27. The minimum atomic E-state index is -3.60. The molecule has 8 heteroatoms. The maximum atomic E-state index is 13.0. The smallest absolute Gasteiger partial charge is 0.257 e. The van der Waals surface area contributed by atoms with Crippen LogP contribution in [0, 0.1) is 0 Å². The SMILES string of the molecule is CCN(c1cc(OC)c(OC)cc1C(=O)Nc1ccc(C(C)C)cc1)S(C)(=O)=O. The molecule has 0 fully saturated rings. The standard InChI is InChI=1S/C21H28N2O5S/c1-7-23(29(6,25)26)18-13-20(28-5)19(27-4)12-17(18)21(24)22-16-10-8-15(9-11-16)14(2)3/h8-14H,7H2,1-6H3,(H,22,24). The van der Waals surface area contributed by atoms with Gasteiger partial charge in [-0.05, 0) is 36.6 Å². The number of carbonyl (C=O) groups excluding carboxylic acids is 1. The van der Waals surface area contributed by atoms with Gasteiger partial charge in [-0.1, -0.05) is 26.0 Å². The van der Waals surface area contributed by atoms with Gasteiger partial charge in [-0.15, -0.1) is 0 Å². The molecule has 0 saturated heterocycles. The second-order valence-corrected chi connectivity index (χ2v) is 8.79. The molecule has 0 bridgehead atoms. The molecular weight excluding hydrogens is 392 g/mol. The predicted molar refractivity (Wildman–Crippen MR) is 116 cm³/mol. The Morgan fingerprint density at radius 3 is 2.07 bits per heavy atom. The Hall–Kier alpha value is -2.74. The van der Waals surface area contributed by atoms with Crippen LogP contribution in [0.5, 0.6) is 11.5 Å². The number of ether oxygens (including phenoxy) is 2. The second-order valence-electron chi connectivity index (χ2n) is 6.88. The van der Waals surface area contributed by atoms with E-state index < -0.39 is 15.9 Å². The summed E-state index contributed by atoms with van der Waals surface area (Å²) in [6.45, 7) is 6.05. The van der Waals surface area contributed by atoms with Gasteiger partial charge in [0.15, 0.2) is 11.5 Å². The summed E-state index contributed by atoms with van der Waals surface area (Å²) in [5.74, 6) is 0.606. The van der Waals surface area contributed by atoms with Crippen molar-refractivity contribution in [2.75, 3.05) is 36.6 Å². The zero-order chi connectivity index (χ0) is 21.8. The molecule has 0 aliphatic rings. The summed E-state index contributed by atoms with van der Waals surface area (Å²) in [5.41, 5.74) is 2.17. The van der Waals surface area contributed by atoms with E-state index in [-0.39, 0.29) is 17.8 Å². The molecule has 0 spiro atoms. The van der Waals surface area contributed by atoms with Crippen LogP contribution in [0.25, 0.3) is 0 Å². The van der Waals surface area contributed by atoms with Gasteiger partial charge in [0.25, 0.3) is 5.91 Å². The largest absolute Gasteiger partial charge is 0.493 e. The molecule has 0 unspecified atom stereocenters. The fraction of sp³-hybridized carbons (Fsp3) is 0.381. The molecule has 0 heterocycles. The second kappa shape index (κ2) is 9.17. The molecule has 29 heavy (non-hydrogen) atoms. The van der Waals surface area contributed by atoms with Crippen molar-refractivity contribution in [2.45, 2.75) is 26.7 Å². The summed E-state index contributed by atoms with van der Waals surface area (Å²) in [6, 6.07) is 10.5. The van der Waals surface area contributed by atoms with Gasteiger partial charge in [0, 0.05) is 18.3 Å². The Morgan fingerprint density at radius 1 is 1.07 bits per heavy atom. The lowest BCUT2D eigenvalue weighted by atomic mass is 10.0. The number of rotatable bonds is 8. The van der Waals surface area contributed by atoms with Crippen molar-refractivity contribution in [3.05, 3.63) is 47.5 Å². The van der Waals surface area contributed by atoms with E-state index >= 15 is 0 Å². The molecule has 0 saturated carbocycles. The highest BCUT2D eigenvalue weighted by Gasteiger charge is 2.25. The number of benzene rings is 2. The van der Waals surface area contributed by atoms with E-state index in [0.717, 1.165) is 16.1 Å². The number of hydrogen-bond acceptors (Lipinski definition) is 5. The van der Waals surface area contributed by atoms with Gasteiger partial charge in [-0.2, -0.15) is 0 Å². The lowest BCUT2D eigenvalue weighted by Gasteiger charge is -2.24. The summed E-state index contributed by atoms with van der Waals surface area (Å²) >= 11 is 0. The van der Waals surface area contributed by atoms with Crippen LogP contribution in [0.2, 0.25) is 0 Å². The third-order valence-corrected chi connectivity index (χ3v) is 5.79. The zero-order valence-electron chi connectivity index (χ0n) is 17.6. The first-order chi connectivity index (χ1) is 13.6. The highest BCUT2D eigenvalue weighted by atomic mass is 32.2. The molecule has 0 aliphatic carbocycles. The molecule has 2 aromatic carbocycles. The number of nitrogens with one attached hydrogen (secondary N) is 1. The number of carbonyl (C=O) groups is 1. The summed E-state index contributed by atoms with van der Waals surface area (Å²) in [5, 5.41) is 2.83. The van der Waals surface area contributed by atoms with Crippen molar-refractivity contribution in [1.82, 2.24) is 0 Å². The maximum Gasteiger partial charge on any atom is 0.257 e. The Kier molecular flexibility index (Phi) is 7.13. The molecule has 1 N–H and O–H groups in total. The first kappa shape index (κ1) is 22.5. The van der Waals surface area contributed by atoms with E-state index in [9.17, 15) is 13.2 Å². The maximum absolute atomic E-state index is 13.0. The molecule has 0 atom stereocenters. The molecule has 0 aliphatic heterocycles. The van der Waals surface area contributed by atoms with E-state index in [2.05, 4.69) is 19.2 Å². The van der Waals surface area contributed by atoms with Crippen LogP contribution < -0.4 is 19.1 Å². The highest BCUT2D eigenvalue weighted by Crippen LogP contribution is 2.36. The number of nitrogens with zero attached hydrogens (tertiary/aromatic N) is 1. The van der Waals surface area contributed by atoms with Crippen LogP contribution in [0.1, 0.15) is 42.6 Å².